The average Bonchev–Trinajstić information content (AvgIpc) is 3.19. The second kappa shape index (κ2) is 5.84. The van der Waals surface area contributed by atoms with Crippen LogP contribution in [0.4, 0.5) is 0 Å². The van der Waals surface area contributed by atoms with Crippen molar-refractivity contribution in [1.29, 1.82) is 0 Å². The molecule has 3 heteroatoms. The quantitative estimate of drug-likeness (QED) is 0.712. The molecule has 0 saturated carbocycles. The summed E-state index contributed by atoms with van der Waals surface area (Å²) in [6.45, 7) is 10.8. The van der Waals surface area contributed by atoms with Crippen LogP contribution >= 0.6 is 0 Å². The van der Waals surface area contributed by atoms with E-state index in [-0.39, 0.29) is 0 Å². The third kappa shape index (κ3) is 2.59. The summed E-state index contributed by atoms with van der Waals surface area (Å²) in [5.41, 5.74) is 8.49. The van der Waals surface area contributed by atoms with Gasteiger partial charge in [0.2, 0.25) is 0 Å². The Morgan fingerprint density at radius 1 is 0.727 bits per heavy atom. The zero-order chi connectivity index (χ0) is 15.7. The number of imidazole rings is 1. The summed E-state index contributed by atoms with van der Waals surface area (Å²) in [4.78, 5) is 4.15. The zero-order valence-electron chi connectivity index (χ0n) is 13.8. The summed E-state index contributed by atoms with van der Waals surface area (Å²) in [5.74, 6) is 0. The zero-order valence-corrected chi connectivity index (χ0v) is 13.8. The molecular weight excluding hydrogens is 270 g/mol. The summed E-state index contributed by atoms with van der Waals surface area (Å²) < 4.78 is 4.38. The first kappa shape index (κ1) is 14.6. The lowest BCUT2D eigenvalue weighted by atomic mass is 9.88. The van der Waals surface area contributed by atoms with Gasteiger partial charge in [-0.1, -0.05) is 0 Å². The molecule has 0 aliphatic rings. The molecule has 0 amide bonds. The lowest BCUT2D eigenvalue weighted by Crippen LogP contribution is -2.10. The van der Waals surface area contributed by atoms with E-state index in [4.69, 9.17) is 0 Å². The maximum Gasteiger partial charge on any atom is 0.0949 e. The highest BCUT2D eigenvalue weighted by Crippen LogP contribution is 2.28. The molecule has 114 valence electrons. The third-order valence-electron chi connectivity index (χ3n) is 4.84. The topological polar surface area (TPSA) is 22.8 Å². The Bertz CT molecular complexity index is 669. The van der Waals surface area contributed by atoms with Gasteiger partial charge in [0.15, 0.2) is 0 Å². The molecule has 0 bridgehead atoms. The van der Waals surface area contributed by atoms with E-state index in [9.17, 15) is 0 Å². The molecule has 0 fully saturated rings. The van der Waals surface area contributed by atoms with Crippen molar-refractivity contribution in [2.75, 3.05) is 0 Å². The molecule has 3 nitrogen and oxygen atoms in total. The minimum Gasteiger partial charge on any atom is -0.350 e. The van der Waals surface area contributed by atoms with E-state index in [2.05, 4.69) is 66.3 Å². The lowest BCUT2D eigenvalue weighted by molar-refractivity contribution is 0.766. The highest BCUT2D eigenvalue weighted by molar-refractivity contribution is 5.50. The highest BCUT2D eigenvalue weighted by atomic mass is 15.0. The van der Waals surface area contributed by atoms with Crippen molar-refractivity contribution in [3.8, 4) is 0 Å². The molecule has 3 aromatic rings. The molecule has 0 atom stereocenters. The SMILES string of the molecule is Cc1c(C)c(Cn2ccnc2)c(C)c(C)c1Cn1cccc1. The van der Waals surface area contributed by atoms with Crippen LogP contribution in [0.2, 0.25) is 0 Å². The maximum absolute atomic E-state index is 4.15. The maximum atomic E-state index is 4.15. The molecule has 2 heterocycles. The fourth-order valence-corrected chi connectivity index (χ4v) is 3.16. The van der Waals surface area contributed by atoms with Crippen molar-refractivity contribution in [3.05, 3.63) is 76.6 Å². The van der Waals surface area contributed by atoms with E-state index in [1.54, 1.807) is 0 Å². The van der Waals surface area contributed by atoms with Crippen LogP contribution in [0.1, 0.15) is 33.4 Å². The number of rotatable bonds is 4. The largest absolute Gasteiger partial charge is 0.350 e. The van der Waals surface area contributed by atoms with Crippen LogP contribution in [0.25, 0.3) is 0 Å². The molecule has 0 N–H and O–H groups in total. The Balaban J connectivity index is 2.04. The van der Waals surface area contributed by atoms with Crippen LogP contribution in [0.15, 0.2) is 43.2 Å². The van der Waals surface area contributed by atoms with Gasteiger partial charge in [-0.2, -0.15) is 0 Å². The van der Waals surface area contributed by atoms with Crippen LogP contribution in [0.5, 0.6) is 0 Å². The smallest absolute Gasteiger partial charge is 0.0949 e. The molecule has 22 heavy (non-hydrogen) atoms. The first-order valence-corrected chi connectivity index (χ1v) is 7.72. The Kier molecular flexibility index (Phi) is 3.88. The molecule has 3 rings (SSSR count). The number of hydrogen-bond acceptors (Lipinski definition) is 1. The van der Waals surface area contributed by atoms with E-state index >= 15 is 0 Å². The van der Waals surface area contributed by atoms with Crippen molar-refractivity contribution in [1.82, 2.24) is 14.1 Å². The second-order valence-corrected chi connectivity index (χ2v) is 6.05. The summed E-state index contributed by atoms with van der Waals surface area (Å²) in [6.07, 6.45) is 10.0. The van der Waals surface area contributed by atoms with Gasteiger partial charge in [-0.15, -0.1) is 0 Å². The van der Waals surface area contributed by atoms with Gasteiger partial charge in [-0.3, -0.25) is 0 Å². The van der Waals surface area contributed by atoms with Crippen molar-refractivity contribution in [3.63, 3.8) is 0 Å². The van der Waals surface area contributed by atoms with E-state index in [1.165, 1.54) is 33.4 Å². The average molecular weight is 293 g/mol. The van der Waals surface area contributed by atoms with Gasteiger partial charge in [0.1, 0.15) is 0 Å². The molecular formula is C19H23N3. The van der Waals surface area contributed by atoms with Gasteiger partial charge in [0.05, 0.1) is 6.33 Å². The summed E-state index contributed by atoms with van der Waals surface area (Å²) in [6, 6.07) is 4.16. The first-order valence-electron chi connectivity index (χ1n) is 7.72. The Morgan fingerprint density at radius 3 is 1.68 bits per heavy atom. The number of hydrogen-bond donors (Lipinski definition) is 0. The van der Waals surface area contributed by atoms with E-state index in [0.717, 1.165) is 13.1 Å². The van der Waals surface area contributed by atoms with E-state index in [1.807, 2.05) is 18.7 Å². The van der Waals surface area contributed by atoms with Crippen LogP contribution < -0.4 is 0 Å². The fraction of sp³-hybridized carbons (Fsp3) is 0.316. The van der Waals surface area contributed by atoms with Crippen molar-refractivity contribution in [2.24, 2.45) is 0 Å². The van der Waals surface area contributed by atoms with Crippen LogP contribution in [-0.2, 0) is 13.1 Å². The standard InChI is InChI=1S/C19H23N3/c1-14-16(3)19(12-22-10-7-20-13-22)17(4)15(2)18(14)11-21-8-5-6-9-21/h5-10,13H,11-12H2,1-4H3. The minimum absolute atomic E-state index is 0.892. The van der Waals surface area contributed by atoms with Gasteiger partial charge in [-0.05, 0) is 73.2 Å². The normalized spacial score (nSPS) is 11.1. The Labute approximate surface area is 132 Å². The first-order chi connectivity index (χ1) is 10.6. The molecule has 1 aromatic carbocycles. The van der Waals surface area contributed by atoms with Gasteiger partial charge in [0.25, 0.3) is 0 Å². The highest BCUT2D eigenvalue weighted by Gasteiger charge is 2.15. The Hall–Kier alpha value is -2.29. The van der Waals surface area contributed by atoms with Gasteiger partial charge < -0.3 is 9.13 Å². The molecule has 0 unspecified atom stereocenters. The lowest BCUT2D eigenvalue weighted by Gasteiger charge is -2.21. The summed E-state index contributed by atoms with van der Waals surface area (Å²) >= 11 is 0. The molecule has 0 aliphatic heterocycles. The van der Waals surface area contributed by atoms with Crippen molar-refractivity contribution in [2.45, 2.75) is 40.8 Å². The van der Waals surface area contributed by atoms with Crippen LogP contribution in [0, 0.1) is 27.7 Å². The van der Waals surface area contributed by atoms with Crippen LogP contribution in [-0.4, -0.2) is 14.1 Å². The van der Waals surface area contributed by atoms with Gasteiger partial charge in [-0.25, -0.2) is 4.98 Å². The van der Waals surface area contributed by atoms with Gasteiger partial charge in [0, 0.05) is 37.9 Å². The van der Waals surface area contributed by atoms with E-state index < -0.39 is 0 Å². The van der Waals surface area contributed by atoms with Crippen molar-refractivity contribution < 1.29 is 0 Å². The monoisotopic (exact) mass is 293 g/mol. The second-order valence-electron chi connectivity index (χ2n) is 6.05. The molecule has 0 saturated heterocycles. The molecule has 0 aliphatic carbocycles. The predicted octanol–water partition coefficient (Wildman–Crippen LogP) is 4.01. The van der Waals surface area contributed by atoms with Crippen molar-refractivity contribution >= 4 is 0 Å². The predicted molar refractivity (Wildman–Crippen MR) is 90.3 cm³/mol. The van der Waals surface area contributed by atoms with Crippen LogP contribution in [0.3, 0.4) is 0 Å². The molecule has 0 spiro atoms. The number of benzene rings is 1. The minimum atomic E-state index is 0.892. The fourth-order valence-electron chi connectivity index (χ4n) is 3.16. The summed E-state index contributed by atoms with van der Waals surface area (Å²) in [7, 11) is 0. The molecule has 0 radical (unpaired) electrons. The number of aromatic nitrogens is 3. The van der Waals surface area contributed by atoms with Gasteiger partial charge >= 0.3 is 0 Å². The third-order valence-corrected chi connectivity index (χ3v) is 4.84. The molecule has 2 aromatic heterocycles. The summed E-state index contributed by atoms with van der Waals surface area (Å²) in [5, 5.41) is 0. The van der Waals surface area contributed by atoms with E-state index in [0.29, 0.717) is 0 Å². The number of nitrogens with zero attached hydrogens (tertiary/aromatic N) is 3. The Morgan fingerprint density at radius 2 is 1.23 bits per heavy atom.